The molecule has 0 aliphatic rings. The smallest absolute Gasteiger partial charge is 0.251 e. The number of halogens is 1. The Morgan fingerprint density at radius 2 is 1.95 bits per heavy atom. The molecule has 0 saturated heterocycles. The fourth-order valence-electron chi connectivity index (χ4n) is 1.30. The van der Waals surface area contributed by atoms with Crippen molar-refractivity contribution in [1.82, 2.24) is 10.6 Å². The highest BCUT2D eigenvalue weighted by atomic mass is 35.5. The van der Waals surface area contributed by atoms with E-state index < -0.39 is 24.1 Å². The van der Waals surface area contributed by atoms with Crippen molar-refractivity contribution in [1.29, 1.82) is 0 Å². The zero-order valence-electron chi connectivity index (χ0n) is 11.5. The molecular weight excluding hydrogens is 290 g/mol. The van der Waals surface area contributed by atoms with Crippen LogP contribution in [0, 0.1) is 0 Å². The second-order valence-corrected chi connectivity index (χ2v) is 5.00. The van der Waals surface area contributed by atoms with Crippen molar-refractivity contribution in [3.8, 4) is 0 Å². The number of carbonyl (C=O) groups is 2. The minimum atomic E-state index is -1.28. The molecular formula is C11H24ClN3O3S. The molecule has 19 heavy (non-hydrogen) atoms. The molecule has 2 amide bonds. The maximum Gasteiger partial charge on any atom is 0.251 e. The molecule has 3 unspecified atom stereocenters. The zero-order chi connectivity index (χ0) is 14.1. The molecule has 0 spiro atoms. The van der Waals surface area contributed by atoms with Gasteiger partial charge in [0, 0.05) is 12.6 Å². The second-order valence-electron chi connectivity index (χ2n) is 4.02. The van der Waals surface area contributed by atoms with Gasteiger partial charge in [0.05, 0.1) is 0 Å². The van der Waals surface area contributed by atoms with Crippen LogP contribution in [0.5, 0.6) is 0 Å². The third-order valence-corrected chi connectivity index (χ3v) is 3.08. The summed E-state index contributed by atoms with van der Waals surface area (Å²) < 4.78 is 0. The van der Waals surface area contributed by atoms with E-state index >= 15 is 0 Å². The van der Waals surface area contributed by atoms with Crippen molar-refractivity contribution in [3.63, 3.8) is 0 Å². The number of nitrogens with two attached hydrogens (primary N) is 1. The van der Waals surface area contributed by atoms with Crippen molar-refractivity contribution in [3.05, 3.63) is 0 Å². The van der Waals surface area contributed by atoms with Crippen molar-refractivity contribution in [2.45, 2.75) is 38.5 Å². The summed E-state index contributed by atoms with van der Waals surface area (Å²) >= 11 is 1.60. The first-order valence-corrected chi connectivity index (χ1v) is 7.34. The molecule has 0 aromatic heterocycles. The Kier molecular flexibility index (Phi) is 12.4. The van der Waals surface area contributed by atoms with E-state index in [0.717, 1.165) is 5.75 Å². The van der Waals surface area contributed by atoms with E-state index in [9.17, 15) is 14.7 Å². The highest BCUT2D eigenvalue weighted by Gasteiger charge is 2.25. The van der Waals surface area contributed by atoms with E-state index in [0.29, 0.717) is 13.0 Å². The number of likely N-dealkylation sites (N-methyl/N-ethyl adjacent to an activating group) is 1. The number of rotatable bonds is 8. The molecule has 114 valence electrons. The maximum atomic E-state index is 11.6. The normalized spacial score (nSPS) is 14.8. The predicted octanol–water partition coefficient (Wildman–Crippen LogP) is -0.510. The summed E-state index contributed by atoms with van der Waals surface area (Å²) in [5, 5.41) is 14.7. The number of hydrogen-bond acceptors (Lipinski definition) is 5. The van der Waals surface area contributed by atoms with E-state index in [1.165, 1.54) is 0 Å². The first-order chi connectivity index (χ1) is 8.43. The molecule has 0 aromatic carbocycles. The van der Waals surface area contributed by atoms with E-state index in [4.69, 9.17) is 5.73 Å². The lowest BCUT2D eigenvalue weighted by Gasteiger charge is -2.20. The van der Waals surface area contributed by atoms with Gasteiger partial charge in [0.2, 0.25) is 5.91 Å². The van der Waals surface area contributed by atoms with E-state index in [-0.39, 0.29) is 18.3 Å². The van der Waals surface area contributed by atoms with Gasteiger partial charge in [-0.05, 0) is 32.3 Å². The van der Waals surface area contributed by atoms with Crippen LogP contribution in [0.25, 0.3) is 0 Å². The molecule has 3 atom stereocenters. The molecule has 0 bridgehead atoms. The van der Waals surface area contributed by atoms with Crippen LogP contribution < -0.4 is 16.4 Å². The lowest BCUT2D eigenvalue weighted by Crippen LogP contribution is -2.52. The largest absolute Gasteiger partial charge is 0.382 e. The minimum absolute atomic E-state index is 0. The van der Waals surface area contributed by atoms with Crippen LogP contribution >= 0.6 is 24.2 Å². The Hall–Kier alpha value is -0.500. The molecule has 0 radical (unpaired) electrons. The van der Waals surface area contributed by atoms with Crippen LogP contribution in [0.3, 0.4) is 0 Å². The van der Waals surface area contributed by atoms with E-state index in [1.807, 2.05) is 6.26 Å². The lowest BCUT2D eigenvalue weighted by molar-refractivity contribution is -0.134. The van der Waals surface area contributed by atoms with E-state index in [2.05, 4.69) is 10.6 Å². The van der Waals surface area contributed by atoms with Crippen LogP contribution in [0.4, 0.5) is 0 Å². The molecule has 0 aliphatic carbocycles. The molecule has 5 N–H and O–H groups in total. The Labute approximate surface area is 124 Å². The first-order valence-electron chi connectivity index (χ1n) is 5.94. The highest BCUT2D eigenvalue weighted by Crippen LogP contribution is 2.03. The van der Waals surface area contributed by atoms with Crippen LogP contribution in [-0.2, 0) is 9.59 Å². The van der Waals surface area contributed by atoms with Crippen molar-refractivity contribution in [2.24, 2.45) is 5.73 Å². The summed E-state index contributed by atoms with van der Waals surface area (Å²) in [6.45, 7) is 3.84. The van der Waals surface area contributed by atoms with Gasteiger partial charge in [0.25, 0.3) is 5.91 Å². The average Bonchev–Trinajstić information content (AvgIpc) is 2.34. The monoisotopic (exact) mass is 313 g/mol. The van der Waals surface area contributed by atoms with Gasteiger partial charge in [-0.15, -0.1) is 12.4 Å². The highest BCUT2D eigenvalue weighted by molar-refractivity contribution is 7.98. The molecule has 8 heteroatoms. The van der Waals surface area contributed by atoms with Crippen LogP contribution in [-0.4, -0.2) is 53.7 Å². The van der Waals surface area contributed by atoms with Crippen LogP contribution in [0.15, 0.2) is 0 Å². The summed E-state index contributed by atoms with van der Waals surface area (Å²) in [5.74, 6) is -0.115. The van der Waals surface area contributed by atoms with Gasteiger partial charge in [0.15, 0.2) is 0 Å². The molecule has 0 rings (SSSR count). The fourth-order valence-corrected chi connectivity index (χ4v) is 1.81. The maximum absolute atomic E-state index is 11.6. The summed E-state index contributed by atoms with van der Waals surface area (Å²) in [6.07, 6.45) is 1.19. The summed E-state index contributed by atoms with van der Waals surface area (Å²) in [7, 11) is 0. The first kappa shape index (κ1) is 20.8. The molecule has 0 heterocycles. The SMILES string of the molecule is CCNC(=O)C(C)NC(=O)C(O)C(N)CCSC.Cl. The number of aliphatic hydroxyl groups excluding tert-OH is 1. The van der Waals surface area contributed by atoms with Crippen LogP contribution in [0.2, 0.25) is 0 Å². The van der Waals surface area contributed by atoms with Crippen LogP contribution in [0.1, 0.15) is 20.3 Å². The van der Waals surface area contributed by atoms with Crippen molar-refractivity contribution >= 4 is 36.0 Å². The van der Waals surface area contributed by atoms with Gasteiger partial charge in [-0.25, -0.2) is 0 Å². The number of aliphatic hydroxyl groups is 1. The fraction of sp³-hybridized carbons (Fsp3) is 0.818. The summed E-state index contributed by atoms with van der Waals surface area (Å²) in [5.41, 5.74) is 5.69. The Morgan fingerprint density at radius 1 is 1.37 bits per heavy atom. The van der Waals surface area contributed by atoms with Gasteiger partial charge in [-0.3, -0.25) is 9.59 Å². The Balaban J connectivity index is 0. The van der Waals surface area contributed by atoms with E-state index in [1.54, 1.807) is 25.6 Å². The molecule has 0 saturated carbocycles. The number of amides is 2. The summed E-state index contributed by atoms with van der Waals surface area (Å²) in [4.78, 5) is 23.0. The Bertz CT molecular complexity index is 282. The molecule has 0 fully saturated rings. The second kappa shape index (κ2) is 11.3. The average molecular weight is 314 g/mol. The van der Waals surface area contributed by atoms with Gasteiger partial charge >= 0.3 is 0 Å². The van der Waals surface area contributed by atoms with Gasteiger partial charge in [-0.2, -0.15) is 11.8 Å². The zero-order valence-corrected chi connectivity index (χ0v) is 13.1. The Morgan fingerprint density at radius 3 is 2.42 bits per heavy atom. The number of carbonyl (C=O) groups excluding carboxylic acids is 2. The quantitative estimate of drug-likeness (QED) is 0.483. The topological polar surface area (TPSA) is 104 Å². The van der Waals surface area contributed by atoms with Crippen molar-refractivity contribution < 1.29 is 14.7 Å². The number of nitrogens with one attached hydrogen (secondary N) is 2. The molecule has 0 aromatic rings. The van der Waals surface area contributed by atoms with Gasteiger partial charge in [0.1, 0.15) is 12.1 Å². The third-order valence-electron chi connectivity index (χ3n) is 2.43. The number of thioether (sulfide) groups is 1. The third kappa shape index (κ3) is 8.30. The predicted molar refractivity (Wildman–Crippen MR) is 80.5 cm³/mol. The minimum Gasteiger partial charge on any atom is -0.382 e. The standard InChI is InChI=1S/C11H23N3O3S.ClH/c1-4-13-10(16)7(2)14-11(17)9(15)8(12)5-6-18-3;/h7-9,15H,4-6,12H2,1-3H3,(H,13,16)(H,14,17);1H. The molecule has 6 nitrogen and oxygen atoms in total. The summed E-state index contributed by atoms with van der Waals surface area (Å²) in [6, 6.07) is -1.29. The molecule has 0 aliphatic heterocycles. The van der Waals surface area contributed by atoms with Gasteiger partial charge < -0.3 is 21.5 Å². The van der Waals surface area contributed by atoms with Gasteiger partial charge in [-0.1, -0.05) is 0 Å². The lowest BCUT2D eigenvalue weighted by atomic mass is 10.1. The van der Waals surface area contributed by atoms with Crippen molar-refractivity contribution in [2.75, 3.05) is 18.6 Å². The number of hydrogen-bond donors (Lipinski definition) is 4.